The fourth-order valence-electron chi connectivity index (χ4n) is 1.61. The van der Waals surface area contributed by atoms with E-state index in [1.54, 1.807) is 26.8 Å². The molecule has 0 radical (unpaired) electrons. The summed E-state index contributed by atoms with van der Waals surface area (Å²) in [5.41, 5.74) is -2.12. The molecule has 94 valence electrons. The number of aliphatic carboxylic acids is 1. The van der Waals surface area contributed by atoms with Crippen molar-refractivity contribution in [2.24, 2.45) is 5.41 Å². The molecule has 1 atom stereocenters. The second-order valence-electron chi connectivity index (χ2n) is 5.15. The first-order chi connectivity index (χ1) is 7.70. The molecule has 1 N–H and O–H groups in total. The van der Waals surface area contributed by atoms with E-state index in [2.05, 4.69) is 0 Å². The predicted octanol–water partition coefficient (Wildman–Crippen LogP) is 1.22. The SMILES string of the molecule is CC(C)(C)OC(=O)N1CC[C@](C#N)(C(=O)O)C1. The van der Waals surface area contributed by atoms with E-state index in [9.17, 15) is 9.59 Å². The van der Waals surface area contributed by atoms with Crippen molar-refractivity contribution in [1.29, 1.82) is 5.26 Å². The standard InChI is InChI=1S/C11H16N2O4/c1-10(2,3)17-9(16)13-5-4-11(6-12,7-13)8(14)15/h4-5,7H2,1-3H3,(H,14,15)/t11-/m1/s1. The number of nitrogens with zero attached hydrogens (tertiary/aromatic N) is 2. The highest BCUT2D eigenvalue weighted by atomic mass is 16.6. The van der Waals surface area contributed by atoms with E-state index in [0.717, 1.165) is 0 Å². The van der Waals surface area contributed by atoms with E-state index in [1.807, 2.05) is 0 Å². The smallest absolute Gasteiger partial charge is 0.410 e. The maximum Gasteiger partial charge on any atom is 0.410 e. The van der Waals surface area contributed by atoms with Gasteiger partial charge in [0.25, 0.3) is 0 Å². The van der Waals surface area contributed by atoms with E-state index in [0.29, 0.717) is 0 Å². The number of carboxylic acid groups (broad SMARTS) is 1. The number of hydrogen-bond donors (Lipinski definition) is 1. The van der Waals surface area contributed by atoms with Gasteiger partial charge in [-0.05, 0) is 27.2 Å². The van der Waals surface area contributed by atoms with Crippen LogP contribution in [-0.2, 0) is 9.53 Å². The Morgan fingerprint density at radius 3 is 2.41 bits per heavy atom. The first-order valence-corrected chi connectivity index (χ1v) is 5.33. The third-order valence-corrected chi connectivity index (χ3v) is 2.54. The number of carbonyl (C=O) groups excluding carboxylic acids is 1. The van der Waals surface area contributed by atoms with Crippen LogP contribution in [0.4, 0.5) is 4.79 Å². The predicted molar refractivity (Wildman–Crippen MR) is 58.1 cm³/mol. The van der Waals surface area contributed by atoms with Crippen LogP contribution in [0, 0.1) is 16.7 Å². The average Bonchev–Trinajstić information content (AvgIpc) is 2.60. The Hall–Kier alpha value is -1.77. The second-order valence-corrected chi connectivity index (χ2v) is 5.15. The van der Waals surface area contributed by atoms with E-state index >= 15 is 0 Å². The van der Waals surface area contributed by atoms with Gasteiger partial charge in [-0.15, -0.1) is 0 Å². The largest absolute Gasteiger partial charge is 0.480 e. The van der Waals surface area contributed by atoms with Crippen molar-refractivity contribution in [3.63, 3.8) is 0 Å². The number of nitriles is 1. The van der Waals surface area contributed by atoms with E-state index in [-0.39, 0.29) is 19.5 Å². The highest BCUT2D eigenvalue weighted by molar-refractivity contribution is 5.80. The maximum absolute atomic E-state index is 11.7. The lowest BCUT2D eigenvalue weighted by Crippen LogP contribution is -2.38. The number of rotatable bonds is 1. The first kappa shape index (κ1) is 13.3. The van der Waals surface area contributed by atoms with Crippen molar-refractivity contribution >= 4 is 12.1 Å². The average molecular weight is 240 g/mol. The fraction of sp³-hybridized carbons (Fsp3) is 0.727. The number of likely N-dealkylation sites (tertiary alicyclic amines) is 1. The van der Waals surface area contributed by atoms with Gasteiger partial charge >= 0.3 is 12.1 Å². The van der Waals surface area contributed by atoms with Crippen LogP contribution in [0.3, 0.4) is 0 Å². The molecule has 1 heterocycles. The number of ether oxygens (including phenoxy) is 1. The van der Waals surface area contributed by atoms with Crippen LogP contribution in [0.15, 0.2) is 0 Å². The Balaban J connectivity index is 2.71. The summed E-state index contributed by atoms with van der Waals surface area (Å²) < 4.78 is 5.12. The fourth-order valence-corrected chi connectivity index (χ4v) is 1.61. The quantitative estimate of drug-likeness (QED) is 0.744. The molecule has 0 aromatic carbocycles. The van der Waals surface area contributed by atoms with Gasteiger partial charge in [0.05, 0.1) is 12.6 Å². The third-order valence-electron chi connectivity index (χ3n) is 2.54. The topological polar surface area (TPSA) is 90.6 Å². The minimum absolute atomic E-state index is 0.117. The summed E-state index contributed by atoms with van der Waals surface area (Å²) in [5.74, 6) is -1.19. The lowest BCUT2D eigenvalue weighted by molar-refractivity contribution is -0.144. The van der Waals surface area contributed by atoms with Gasteiger partial charge in [-0.3, -0.25) is 4.79 Å². The normalized spacial score (nSPS) is 24.2. The van der Waals surface area contributed by atoms with Crippen LogP contribution < -0.4 is 0 Å². The number of amides is 1. The molecule has 1 fully saturated rings. The van der Waals surface area contributed by atoms with Crippen LogP contribution >= 0.6 is 0 Å². The van der Waals surface area contributed by atoms with Crippen molar-refractivity contribution in [1.82, 2.24) is 4.90 Å². The zero-order valence-electron chi connectivity index (χ0n) is 10.2. The number of carboxylic acids is 1. The summed E-state index contributed by atoms with van der Waals surface area (Å²) in [6.07, 6.45) is -0.436. The van der Waals surface area contributed by atoms with E-state index in [1.165, 1.54) is 4.90 Å². The van der Waals surface area contributed by atoms with Crippen LogP contribution in [-0.4, -0.2) is 40.8 Å². The molecule has 0 spiro atoms. The van der Waals surface area contributed by atoms with Crippen LogP contribution in [0.5, 0.6) is 0 Å². The Bertz CT molecular complexity index is 380. The summed E-state index contributed by atoms with van der Waals surface area (Å²) >= 11 is 0. The van der Waals surface area contributed by atoms with Gasteiger partial charge in [0, 0.05) is 6.54 Å². The Kier molecular flexibility index (Phi) is 3.32. The lowest BCUT2D eigenvalue weighted by atomic mass is 9.89. The molecular weight excluding hydrogens is 224 g/mol. The van der Waals surface area contributed by atoms with Gasteiger partial charge in [0.1, 0.15) is 5.60 Å². The molecule has 6 nitrogen and oxygen atoms in total. The summed E-state index contributed by atoms with van der Waals surface area (Å²) in [5, 5.41) is 17.9. The molecule has 0 saturated carbocycles. The van der Waals surface area contributed by atoms with Crippen molar-refractivity contribution in [3.05, 3.63) is 0 Å². The summed E-state index contributed by atoms with van der Waals surface area (Å²) in [7, 11) is 0. The summed E-state index contributed by atoms with van der Waals surface area (Å²) in [6, 6.07) is 1.78. The zero-order chi connectivity index (χ0) is 13.3. The van der Waals surface area contributed by atoms with Crippen molar-refractivity contribution < 1.29 is 19.4 Å². The highest BCUT2D eigenvalue weighted by Crippen LogP contribution is 2.30. The van der Waals surface area contributed by atoms with Gasteiger partial charge in [0.15, 0.2) is 5.41 Å². The van der Waals surface area contributed by atoms with Crippen LogP contribution in [0.1, 0.15) is 27.2 Å². The van der Waals surface area contributed by atoms with Crippen molar-refractivity contribution in [2.75, 3.05) is 13.1 Å². The monoisotopic (exact) mass is 240 g/mol. The molecule has 1 aliphatic heterocycles. The minimum atomic E-state index is -1.49. The molecule has 0 unspecified atom stereocenters. The molecule has 1 rings (SSSR count). The van der Waals surface area contributed by atoms with Gasteiger partial charge < -0.3 is 14.7 Å². The van der Waals surface area contributed by atoms with Crippen molar-refractivity contribution in [2.45, 2.75) is 32.8 Å². The Labute approximate surface area is 99.8 Å². The summed E-state index contributed by atoms with van der Waals surface area (Å²) in [6.45, 7) is 5.31. The van der Waals surface area contributed by atoms with Gasteiger partial charge in [-0.2, -0.15) is 5.26 Å². The van der Waals surface area contributed by atoms with Gasteiger partial charge in [-0.25, -0.2) is 4.79 Å². The Morgan fingerprint density at radius 1 is 1.47 bits per heavy atom. The molecule has 0 aliphatic carbocycles. The molecule has 0 bridgehead atoms. The van der Waals surface area contributed by atoms with Gasteiger partial charge in [0.2, 0.25) is 0 Å². The minimum Gasteiger partial charge on any atom is -0.480 e. The zero-order valence-corrected chi connectivity index (χ0v) is 10.2. The van der Waals surface area contributed by atoms with Gasteiger partial charge in [-0.1, -0.05) is 0 Å². The summed E-state index contributed by atoms with van der Waals surface area (Å²) in [4.78, 5) is 24.0. The maximum atomic E-state index is 11.7. The highest BCUT2D eigenvalue weighted by Gasteiger charge is 2.47. The Morgan fingerprint density at radius 2 is 2.06 bits per heavy atom. The molecule has 17 heavy (non-hydrogen) atoms. The van der Waals surface area contributed by atoms with Crippen LogP contribution in [0.2, 0.25) is 0 Å². The molecule has 6 heteroatoms. The lowest BCUT2D eigenvalue weighted by Gasteiger charge is -2.24. The number of hydrogen-bond acceptors (Lipinski definition) is 4. The van der Waals surface area contributed by atoms with E-state index < -0.39 is 23.1 Å². The van der Waals surface area contributed by atoms with Crippen molar-refractivity contribution in [3.8, 4) is 6.07 Å². The first-order valence-electron chi connectivity index (χ1n) is 5.33. The molecule has 0 aromatic heterocycles. The molecular formula is C11H16N2O4. The molecule has 1 aliphatic rings. The molecule has 1 saturated heterocycles. The van der Waals surface area contributed by atoms with E-state index in [4.69, 9.17) is 15.1 Å². The molecule has 0 aromatic rings. The van der Waals surface area contributed by atoms with Crippen LogP contribution in [0.25, 0.3) is 0 Å². The molecule has 1 amide bonds. The third kappa shape index (κ3) is 2.87. The second kappa shape index (κ2) is 4.24. The number of carbonyl (C=O) groups is 2.